The van der Waals surface area contributed by atoms with E-state index < -0.39 is 28.0 Å². The molecular formula is C20H24N2O5S. The maximum absolute atomic E-state index is 12.4. The first kappa shape index (κ1) is 21.4. The van der Waals surface area contributed by atoms with Gasteiger partial charge in [-0.05, 0) is 57.0 Å². The summed E-state index contributed by atoms with van der Waals surface area (Å²) in [5, 5.41) is 2.80. The van der Waals surface area contributed by atoms with Crippen molar-refractivity contribution < 1.29 is 22.7 Å². The highest BCUT2D eigenvalue weighted by atomic mass is 32.2. The van der Waals surface area contributed by atoms with E-state index in [9.17, 15) is 18.0 Å². The van der Waals surface area contributed by atoms with Gasteiger partial charge in [-0.2, -0.15) is 0 Å². The molecule has 150 valence electrons. The molecule has 0 heterocycles. The van der Waals surface area contributed by atoms with Gasteiger partial charge in [-0.3, -0.25) is 9.52 Å². The number of carbonyl (C=O) groups excluding carboxylic acids is 2. The fraction of sp³-hybridized carbons (Fsp3) is 0.300. The molecule has 0 aliphatic carbocycles. The number of amides is 1. The van der Waals surface area contributed by atoms with Gasteiger partial charge < -0.3 is 10.1 Å². The van der Waals surface area contributed by atoms with Crippen LogP contribution < -0.4 is 10.0 Å². The highest BCUT2D eigenvalue weighted by molar-refractivity contribution is 7.92. The number of aryl methyl sites for hydroxylation is 3. The van der Waals surface area contributed by atoms with E-state index in [1.165, 1.54) is 31.2 Å². The summed E-state index contributed by atoms with van der Waals surface area (Å²) in [5.41, 5.74) is 4.00. The van der Waals surface area contributed by atoms with Crippen LogP contribution in [0.2, 0.25) is 0 Å². The topological polar surface area (TPSA) is 102 Å². The normalized spacial score (nSPS) is 12.2. The van der Waals surface area contributed by atoms with Crippen molar-refractivity contribution >= 4 is 33.3 Å². The van der Waals surface area contributed by atoms with Crippen molar-refractivity contribution in [2.45, 2.75) is 33.8 Å². The lowest BCUT2D eigenvalue weighted by atomic mass is 10.0. The Bertz CT molecular complexity index is 992. The zero-order valence-electron chi connectivity index (χ0n) is 16.5. The summed E-state index contributed by atoms with van der Waals surface area (Å²) in [6, 6.07) is 9.78. The van der Waals surface area contributed by atoms with Crippen LogP contribution in [0.5, 0.6) is 0 Å². The van der Waals surface area contributed by atoms with Gasteiger partial charge >= 0.3 is 5.97 Å². The van der Waals surface area contributed by atoms with Crippen LogP contribution in [-0.4, -0.2) is 32.7 Å². The van der Waals surface area contributed by atoms with E-state index in [-0.39, 0.29) is 11.3 Å². The molecule has 0 aromatic heterocycles. The molecule has 0 spiro atoms. The van der Waals surface area contributed by atoms with Gasteiger partial charge in [-0.15, -0.1) is 0 Å². The number of ether oxygens (including phenoxy) is 1. The summed E-state index contributed by atoms with van der Waals surface area (Å²) in [6.07, 6.45) is -0.0152. The number of benzene rings is 2. The Balaban J connectivity index is 2.08. The highest BCUT2D eigenvalue weighted by Crippen LogP contribution is 2.22. The maximum Gasteiger partial charge on any atom is 0.338 e. The molecule has 0 aliphatic heterocycles. The summed E-state index contributed by atoms with van der Waals surface area (Å²) in [6.45, 7) is 7.24. The lowest BCUT2D eigenvalue weighted by Gasteiger charge is -2.17. The summed E-state index contributed by atoms with van der Waals surface area (Å²) < 4.78 is 30.2. The summed E-state index contributed by atoms with van der Waals surface area (Å²) in [4.78, 5) is 24.8. The molecule has 2 rings (SSSR count). The van der Waals surface area contributed by atoms with Crippen LogP contribution in [-0.2, 0) is 19.6 Å². The van der Waals surface area contributed by atoms with Crippen LogP contribution in [0.1, 0.15) is 34.0 Å². The first-order valence-corrected chi connectivity index (χ1v) is 10.5. The Labute approximate surface area is 165 Å². The molecule has 1 amide bonds. The number of nitrogens with one attached hydrogen (secondary N) is 2. The molecule has 7 nitrogen and oxygen atoms in total. The quantitative estimate of drug-likeness (QED) is 0.720. The standard InChI is InChI=1S/C20H24N2O5S/c1-12-9-13(2)18(14(3)10-12)21-19(23)15(4)27-20(24)16-7-6-8-17(11-16)22-28(5,25)26/h6-11,15,22H,1-5H3,(H,21,23)/t15-/m1/s1. The van der Waals surface area contributed by atoms with Crippen molar-refractivity contribution in [3.63, 3.8) is 0 Å². The van der Waals surface area contributed by atoms with Crippen LogP contribution in [0.3, 0.4) is 0 Å². The summed E-state index contributed by atoms with van der Waals surface area (Å²) in [5.74, 6) is -1.18. The Morgan fingerprint density at radius 3 is 2.21 bits per heavy atom. The van der Waals surface area contributed by atoms with E-state index in [4.69, 9.17) is 4.74 Å². The first-order valence-electron chi connectivity index (χ1n) is 8.64. The van der Waals surface area contributed by atoms with E-state index in [0.717, 1.165) is 22.9 Å². The van der Waals surface area contributed by atoms with Crippen molar-refractivity contribution in [1.29, 1.82) is 0 Å². The average Bonchev–Trinajstić information content (AvgIpc) is 2.56. The predicted octanol–water partition coefficient (Wildman–Crippen LogP) is 3.17. The van der Waals surface area contributed by atoms with E-state index in [2.05, 4.69) is 10.0 Å². The maximum atomic E-state index is 12.4. The Kier molecular flexibility index (Phi) is 6.45. The van der Waals surface area contributed by atoms with Gasteiger partial charge in [0.2, 0.25) is 10.0 Å². The van der Waals surface area contributed by atoms with Crippen molar-refractivity contribution in [3.8, 4) is 0 Å². The highest BCUT2D eigenvalue weighted by Gasteiger charge is 2.20. The van der Waals surface area contributed by atoms with E-state index in [1.807, 2.05) is 32.9 Å². The minimum absolute atomic E-state index is 0.135. The molecule has 8 heteroatoms. The SMILES string of the molecule is Cc1cc(C)c(NC(=O)[C@@H](C)OC(=O)c2cccc(NS(C)(=O)=O)c2)c(C)c1. The zero-order valence-corrected chi connectivity index (χ0v) is 17.3. The molecule has 0 aliphatic rings. The second kappa shape index (κ2) is 8.43. The number of hydrogen-bond donors (Lipinski definition) is 2. The second-order valence-electron chi connectivity index (χ2n) is 6.77. The fourth-order valence-electron chi connectivity index (χ4n) is 2.81. The van der Waals surface area contributed by atoms with Gasteiger partial charge in [0.15, 0.2) is 6.10 Å². The third-order valence-corrected chi connectivity index (χ3v) is 4.59. The van der Waals surface area contributed by atoms with Gasteiger partial charge in [-0.25, -0.2) is 13.2 Å². The molecule has 2 aromatic carbocycles. The third-order valence-electron chi connectivity index (χ3n) is 3.98. The smallest absolute Gasteiger partial charge is 0.338 e. The zero-order chi connectivity index (χ0) is 21.1. The number of rotatable bonds is 6. The monoisotopic (exact) mass is 404 g/mol. The minimum Gasteiger partial charge on any atom is -0.449 e. The van der Waals surface area contributed by atoms with Crippen molar-refractivity contribution in [2.75, 3.05) is 16.3 Å². The van der Waals surface area contributed by atoms with Crippen molar-refractivity contribution in [2.24, 2.45) is 0 Å². The number of esters is 1. The molecule has 0 unspecified atom stereocenters. The molecular weight excluding hydrogens is 380 g/mol. The Morgan fingerprint density at radius 1 is 1.04 bits per heavy atom. The molecule has 2 aromatic rings. The van der Waals surface area contributed by atoms with Gasteiger partial charge in [0, 0.05) is 11.4 Å². The Hall–Kier alpha value is -2.87. The molecule has 0 bridgehead atoms. The number of carbonyl (C=O) groups is 2. The van der Waals surface area contributed by atoms with E-state index in [1.54, 1.807) is 0 Å². The number of anilines is 2. The van der Waals surface area contributed by atoms with Crippen LogP contribution in [0, 0.1) is 20.8 Å². The predicted molar refractivity (Wildman–Crippen MR) is 109 cm³/mol. The van der Waals surface area contributed by atoms with E-state index in [0.29, 0.717) is 5.69 Å². The van der Waals surface area contributed by atoms with Gasteiger partial charge in [0.25, 0.3) is 5.91 Å². The first-order chi connectivity index (χ1) is 13.0. The van der Waals surface area contributed by atoms with Gasteiger partial charge in [0.05, 0.1) is 11.8 Å². The van der Waals surface area contributed by atoms with Crippen LogP contribution >= 0.6 is 0 Å². The van der Waals surface area contributed by atoms with Crippen molar-refractivity contribution in [1.82, 2.24) is 0 Å². The van der Waals surface area contributed by atoms with Gasteiger partial charge in [-0.1, -0.05) is 23.8 Å². The summed E-state index contributed by atoms with van der Waals surface area (Å²) in [7, 11) is -3.47. The molecule has 2 N–H and O–H groups in total. The third kappa shape index (κ3) is 5.82. The lowest BCUT2D eigenvalue weighted by Crippen LogP contribution is -2.30. The fourth-order valence-corrected chi connectivity index (χ4v) is 3.36. The van der Waals surface area contributed by atoms with Crippen molar-refractivity contribution in [3.05, 3.63) is 58.7 Å². The lowest BCUT2D eigenvalue weighted by molar-refractivity contribution is -0.123. The number of sulfonamides is 1. The van der Waals surface area contributed by atoms with Gasteiger partial charge in [0.1, 0.15) is 0 Å². The molecule has 0 saturated carbocycles. The van der Waals surface area contributed by atoms with Crippen LogP contribution in [0.25, 0.3) is 0 Å². The minimum atomic E-state index is -3.47. The van der Waals surface area contributed by atoms with Crippen LogP contribution in [0.15, 0.2) is 36.4 Å². The Morgan fingerprint density at radius 2 is 1.64 bits per heavy atom. The molecule has 0 radical (unpaired) electrons. The molecule has 1 atom stereocenters. The summed E-state index contributed by atoms with van der Waals surface area (Å²) >= 11 is 0. The molecule has 0 saturated heterocycles. The van der Waals surface area contributed by atoms with E-state index >= 15 is 0 Å². The molecule has 28 heavy (non-hydrogen) atoms. The average molecular weight is 404 g/mol. The second-order valence-corrected chi connectivity index (χ2v) is 8.51. The van der Waals surface area contributed by atoms with Crippen LogP contribution in [0.4, 0.5) is 11.4 Å². The number of hydrogen-bond acceptors (Lipinski definition) is 5. The largest absolute Gasteiger partial charge is 0.449 e. The molecule has 0 fully saturated rings.